The van der Waals surface area contributed by atoms with Crippen molar-refractivity contribution >= 4 is 34.9 Å². The first-order valence-electron chi connectivity index (χ1n) is 7.12. The van der Waals surface area contributed by atoms with Crippen LogP contribution in [0.1, 0.15) is 31.0 Å². The molecule has 0 saturated carbocycles. The van der Waals surface area contributed by atoms with Gasteiger partial charge in [-0.3, -0.25) is 4.79 Å². The molecule has 0 aliphatic heterocycles. The highest BCUT2D eigenvalue weighted by Gasteiger charge is 2.10. The van der Waals surface area contributed by atoms with E-state index in [4.69, 9.17) is 23.2 Å². The Labute approximate surface area is 142 Å². The van der Waals surface area contributed by atoms with Crippen molar-refractivity contribution in [1.82, 2.24) is 19.6 Å². The molecule has 8 heteroatoms. The molecule has 2 aromatic heterocycles. The smallest absolute Gasteiger partial charge is 0.275 e. The molecular formula is C15H15Cl2N5O. The Kier molecular flexibility index (Phi) is 4.28. The van der Waals surface area contributed by atoms with Gasteiger partial charge >= 0.3 is 0 Å². The number of hydrogen-bond donors (Lipinski definition) is 2. The lowest BCUT2D eigenvalue weighted by atomic mass is 10.1. The van der Waals surface area contributed by atoms with Gasteiger partial charge in [-0.2, -0.15) is 9.50 Å². The highest BCUT2D eigenvalue weighted by molar-refractivity contribution is 6.35. The van der Waals surface area contributed by atoms with Crippen molar-refractivity contribution < 1.29 is 0 Å². The van der Waals surface area contributed by atoms with Gasteiger partial charge in [-0.05, 0) is 23.6 Å². The Hall–Kier alpha value is -2.05. The molecule has 3 aromatic rings. The summed E-state index contributed by atoms with van der Waals surface area (Å²) in [7, 11) is 0. The van der Waals surface area contributed by atoms with Crippen LogP contribution in [0.4, 0.5) is 5.95 Å². The number of aromatic nitrogens is 4. The molecule has 3 rings (SSSR count). The van der Waals surface area contributed by atoms with E-state index in [-0.39, 0.29) is 11.5 Å². The first kappa shape index (κ1) is 15.8. The van der Waals surface area contributed by atoms with E-state index in [0.717, 1.165) is 11.3 Å². The van der Waals surface area contributed by atoms with Gasteiger partial charge in [-0.15, -0.1) is 5.10 Å². The van der Waals surface area contributed by atoms with Crippen LogP contribution in [-0.4, -0.2) is 19.6 Å². The Balaban J connectivity index is 1.86. The topological polar surface area (TPSA) is 75.1 Å². The first-order valence-corrected chi connectivity index (χ1v) is 7.87. The zero-order valence-electron chi connectivity index (χ0n) is 12.6. The highest BCUT2D eigenvalue weighted by atomic mass is 35.5. The van der Waals surface area contributed by atoms with Crippen molar-refractivity contribution in [1.29, 1.82) is 0 Å². The molecule has 0 spiro atoms. The second-order valence-electron chi connectivity index (χ2n) is 5.48. The summed E-state index contributed by atoms with van der Waals surface area (Å²) in [6, 6.07) is 6.80. The summed E-state index contributed by atoms with van der Waals surface area (Å²) >= 11 is 12.0. The van der Waals surface area contributed by atoms with E-state index >= 15 is 0 Å². The monoisotopic (exact) mass is 351 g/mol. The SMILES string of the molecule is CC(C)c1cc(=O)n2nc(NCc3ccc(Cl)cc3Cl)nc2[nH]1. The third-order valence-electron chi connectivity index (χ3n) is 3.43. The Morgan fingerprint density at radius 1 is 1.30 bits per heavy atom. The summed E-state index contributed by atoms with van der Waals surface area (Å²) in [5, 5.41) is 8.36. The van der Waals surface area contributed by atoms with Gasteiger partial charge in [0.15, 0.2) is 0 Å². The zero-order chi connectivity index (χ0) is 16.6. The molecule has 2 heterocycles. The number of aromatic amines is 1. The normalized spacial score (nSPS) is 11.3. The molecule has 0 radical (unpaired) electrons. The molecule has 0 atom stereocenters. The minimum atomic E-state index is -0.215. The third-order valence-corrected chi connectivity index (χ3v) is 4.01. The maximum absolute atomic E-state index is 12.1. The first-order chi connectivity index (χ1) is 10.9. The van der Waals surface area contributed by atoms with Gasteiger partial charge in [0.05, 0.1) is 0 Å². The van der Waals surface area contributed by atoms with Gasteiger partial charge in [-0.25, -0.2) is 0 Å². The molecule has 0 amide bonds. The van der Waals surface area contributed by atoms with Crippen LogP contribution in [-0.2, 0) is 6.54 Å². The summed E-state index contributed by atoms with van der Waals surface area (Å²) in [4.78, 5) is 19.5. The highest BCUT2D eigenvalue weighted by Crippen LogP contribution is 2.21. The van der Waals surface area contributed by atoms with Crippen molar-refractivity contribution in [2.24, 2.45) is 0 Å². The van der Waals surface area contributed by atoms with Crippen LogP contribution in [0, 0.1) is 0 Å². The van der Waals surface area contributed by atoms with Crippen LogP contribution in [0.25, 0.3) is 5.78 Å². The van der Waals surface area contributed by atoms with Crippen LogP contribution in [0.5, 0.6) is 0 Å². The maximum Gasteiger partial charge on any atom is 0.275 e. The fourth-order valence-electron chi connectivity index (χ4n) is 2.13. The van der Waals surface area contributed by atoms with E-state index in [0.29, 0.717) is 28.3 Å². The van der Waals surface area contributed by atoms with Crippen LogP contribution in [0.2, 0.25) is 10.0 Å². The molecule has 0 saturated heterocycles. The molecule has 6 nitrogen and oxygen atoms in total. The number of H-pyrrole nitrogens is 1. The number of anilines is 1. The van der Waals surface area contributed by atoms with E-state index < -0.39 is 0 Å². The molecular weight excluding hydrogens is 337 g/mol. The molecule has 0 fully saturated rings. The molecule has 1 aromatic carbocycles. The van der Waals surface area contributed by atoms with Gasteiger partial charge in [-0.1, -0.05) is 43.1 Å². The van der Waals surface area contributed by atoms with Crippen molar-refractivity contribution in [2.75, 3.05) is 5.32 Å². The molecule has 120 valence electrons. The zero-order valence-corrected chi connectivity index (χ0v) is 14.1. The maximum atomic E-state index is 12.1. The van der Waals surface area contributed by atoms with Gasteiger partial charge in [0.1, 0.15) is 0 Å². The lowest BCUT2D eigenvalue weighted by Gasteiger charge is -2.04. The van der Waals surface area contributed by atoms with Crippen molar-refractivity contribution in [2.45, 2.75) is 26.3 Å². The lowest BCUT2D eigenvalue weighted by molar-refractivity contribution is 0.795. The molecule has 0 aliphatic rings. The quantitative estimate of drug-likeness (QED) is 0.754. The minimum Gasteiger partial charge on any atom is -0.349 e. The second kappa shape index (κ2) is 6.22. The Morgan fingerprint density at radius 2 is 2.09 bits per heavy atom. The second-order valence-corrected chi connectivity index (χ2v) is 6.32. The van der Waals surface area contributed by atoms with Gasteiger partial charge in [0.2, 0.25) is 11.7 Å². The number of rotatable bonds is 4. The molecule has 0 aliphatic carbocycles. The van der Waals surface area contributed by atoms with Crippen molar-refractivity contribution in [3.05, 3.63) is 55.9 Å². The fourth-order valence-corrected chi connectivity index (χ4v) is 2.61. The van der Waals surface area contributed by atoms with Gasteiger partial charge in [0, 0.05) is 28.4 Å². The van der Waals surface area contributed by atoms with E-state index in [1.807, 2.05) is 19.9 Å². The number of nitrogens with one attached hydrogen (secondary N) is 2. The van der Waals surface area contributed by atoms with E-state index in [1.165, 1.54) is 10.6 Å². The molecule has 2 N–H and O–H groups in total. The van der Waals surface area contributed by atoms with Crippen LogP contribution in [0.15, 0.2) is 29.1 Å². The van der Waals surface area contributed by atoms with E-state index in [1.54, 1.807) is 12.1 Å². The Bertz CT molecular complexity index is 916. The van der Waals surface area contributed by atoms with E-state index in [9.17, 15) is 4.79 Å². The average molecular weight is 352 g/mol. The molecule has 0 unspecified atom stereocenters. The van der Waals surface area contributed by atoms with Crippen molar-refractivity contribution in [3.8, 4) is 0 Å². The standard InChI is InChI=1S/C15H15Cl2N5O/c1-8(2)12-6-13(23)22-15(19-12)20-14(21-22)18-7-9-3-4-10(16)5-11(9)17/h3-6,8H,7H2,1-2H3,(H2,18,19,20,21). The minimum absolute atomic E-state index is 0.202. The largest absolute Gasteiger partial charge is 0.349 e. The van der Waals surface area contributed by atoms with Gasteiger partial charge < -0.3 is 10.3 Å². The van der Waals surface area contributed by atoms with Crippen LogP contribution >= 0.6 is 23.2 Å². The summed E-state index contributed by atoms with van der Waals surface area (Å²) in [5.41, 5.74) is 1.47. The number of hydrogen-bond acceptors (Lipinski definition) is 4. The molecule has 23 heavy (non-hydrogen) atoms. The van der Waals surface area contributed by atoms with E-state index in [2.05, 4.69) is 20.4 Å². The summed E-state index contributed by atoms with van der Waals surface area (Å²) < 4.78 is 1.23. The summed E-state index contributed by atoms with van der Waals surface area (Å²) in [6.45, 7) is 4.43. The predicted octanol–water partition coefficient (Wildman–Crippen LogP) is 3.46. The van der Waals surface area contributed by atoms with Crippen LogP contribution < -0.4 is 10.9 Å². The molecule has 0 bridgehead atoms. The van der Waals surface area contributed by atoms with Gasteiger partial charge in [0.25, 0.3) is 5.56 Å². The third kappa shape index (κ3) is 3.33. The predicted molar refractivity (Wildman–Crippen MR) is 91.5 cm³/mol. The summed E-state index contributed by atoms with van der Waals surface area (Å²) in [6.07, 6.45) is 0. The number of halogens is 2. The van der Waals surface area contributed by atoms with Crippen molar-refractivity contribution in [3.63, 3.8) is 0 Å². The number of nitrogens with zero attached hydrogens (tertiary/aromatic N) is 3. The summed E-state index contributed by atoms with van der Waals surface area (Å²) in [5.74, 6) is 0.963. The van der Waals surface area contributed by atoms with Crippen LogP contribution in [0.3, 0.4) is 0 Å². The number of fused-ring (bicyclic) bond motifs is 1. The fraction of sp³-hybridized carbons (Fsp3) is 0.267. The average Bonchev–Trinajstić information content (AvgIpc) is 2.90. The number of benzene rings is 1. The Morgan fingerprint density at radius 3 is 2.78 bits per heavy atom. The lowest BCUT2D eigenvalue weighted by Crippen LogP contribution is -2.16.